The molecule has 0 amide bonds. The van der Waals surface area contributed by atoms with E-state index in [1.807, 2.05) is 0 Å². The van der Waals surface area contributed by atoms with Gasteiger partial charge in [0.05, 0.1) is 6.10 Å². The molecular formula is C15H30N2O. The molecular weight excluding hydrogens is 224 g/mol. The van der Waals surface area contributed by atoms with Crippen LogP contribution >= 0.6 is 0 Å². The Labute approximate surface area is 112 Å². The molecule has 2 fully saturated rings. The number of nitrogens with zero attached hydrogens (tertiary/aromatic N) is 1. The Morgan fingerprint density at radius 1 is 1.39 bits per heavy atom. The van der Waals surface area contributed by atoms with Gasteiger partial charge in [0, 0.05) is 31.3 Å². The molecule has 18 heavy (non-hydrogen) atoms. The first-order chi connectivity index (χ1) is 8.56. The normalized spacial score (nSPS) is 43.7. The van der Waals surface area contributed by atoms with Crippen molar-refractivity contribution >= 4 is 0 Å². The van der Waals surface area contributed by atoms with Gasteiger partial charge in [0.25, 0.3) is 0 Å². The van der Waals surface area contributed by atoms with Crippen molar-refractivity contribution in [2.45, 2.75) is 64.6 Å². The Morgan fingerprint density at radius 3 is 2.78 bits per heavy atom. The molecule has 0 aromatic carbocycles. The van der Waals surface area contributed by atoms with E-state index in [2.05, 4.69) is 37.9 Å². The summed E-state index contributed by atoms with van der Waals surface area (Å²) in [5.74, 6) is 0.726. The summed E-state index contributed by atoms with van der Waals surface area (Å²) in [5, 5.41) is 3.70. The molecule has 2 aliphatic heterocycles. The lowest BCUT2D eigenvalue weighted by Crippen LogP contribution is -2.55. The predicted octanol–water partition coefficient (Wildman–Crippen LogP) is 2.26. The molecule has 1 N–H and O–H groups in total. The van der Waals surface area contributed by atoms with E-state index in [1.54, 1.807) is 0 Å². The van der Waals surface area contributed by atoms with Crippen LogP contribution in [0.5, 0.6) is 0 Å². The maximum Gasteiger partial charge on any atom is 0.0728 e. The van der Waals surface area contributed by atoms with Gasteiger partial charge < -0.3 is 10.1 Å². The van der Waals surface area contributed by atoms with Crippen molar-refractivity contribution in [3.05, 3.63) is 0 Å². The second-order valence-electron chi connectivity index (χ2n) is 6.47. The second kappa shape index (κ2) is 5.89. The van der Waals surface area contributed by atoms with Gasteiger partial charge in [-0.15, -0.1) is 0 Å². The molecule has 0 spiro atoms. The van der Waals surface area contributed by atoms with Crippen LogP contribution in [0.1, 0.15) is 47.0 Å². The van der Waals surface area contributed by atoms with Crippen molar-refractivity contribution in [2.75, 3.05) is 26.2 Å². The fraction of sp³-hybridized carbons (Fsp3) is 1.00. The summed E-state index contributed by atoms with van der Waals surface area (Å²) in [4.78, 5) is 2.71. The Morgan fingerprint density at radius 2 is 2.17 bits per heavy atom. The monoisotopic (exact) mass is 254 g/mol. The van der Waals surface area contributed by atoms with Gasteiger partial charge in [0.1, 0.15) is 0 Å². The average Bonchev–Trinajstić information content (AvgIpc) is 2.66. The van der Waals surface area contributed by atoms with Crippen LogP contribution in [0.2, 0.25) is 0 Å². The largest absolute Gasteiger partial charge is 0.377 e. The van der Waals surface area contributed by atoms with Gasteiger partial charge in [-0.1, -0.05) is 13.8 Å². The molecule has 0 bridgehead atoms. The van der Waals surface area contributed by atoms with Crippen molar-refractivity contribution in [3.8, 4) is 0 Å². The summed E-state index contributed by atoms with van der Waals surface area (Å²) < 4.78 is 5.82. The molecule has 2 heterocycles. The zero-order chi connectivity index (χ0) is 13.2. The number of ether oxygens (including phenoxy) is 1. The smallest absolute Gasteiger partial charge is 0.0728 e. The molecule has 0 aromatic rings. The SMILES string of the molecule is CCC1CCN(C2(C)CCOC2C)CC(C)CN1. The van der Waals surface area contributed by atoms with Crippen LogP contribution in [0.25, 0.3) is 0 Å². The minimum absolute atomic E-state index is 0.254. The van der Waals surface area contributed by atoms with Crippen LogP contribution in [0.3, 0.4) is 0 Å². The predicted molar refractivity (Wildman–Crippen MR) is 75.9 cm³/mol. The fourth-order valence-electron chi connectivity index (χ4n) is 3.37. The highest BCUT2D eigenvalue weighted by Gasteiger charge is 2.42. The van der Waals surface area contributed by atoms with E-state index in [0.717, 1.165) is 19.1 Å². The van der Waals surface area contributed by atoms with Gasteiger partial charge in [-0.25, -0.2) is 0 Å². The Bertz CT molecular complexity index is 271. The first-order valence-electron chi connectivity index (χ1n) is 7.66. The number of hydrogen-bond donors (Lipinski definition) is 1. The van der Waals surface area contributed by atoms with Gasteiger partial charge in [-0.3, -0.25) is 4.90 Å². The van der Waals surface area contributed by atoms with Crippen LogP contribution in [-0.4, -0.2) is 48.8 Å². The number of nitrogens with one attached hydrogen (secondary N) is 1. The van der Waals surface area contributed by atoms with Crippen LogP contribution in [-0.2, 0) is 4.74 Å². The fourth-order valence-corrected chi connectivity index (χ4v) is 3.37. The third-order valence-corrected chi connectivity index (χ3v) is 5.10. The molecule has 106 valence electrons. The minimum atomic E-state index is 0.254. The lowest BCUT2D eigenvalue weighted by atomic mass is 9.89. The van der Waals surface area contributed by atoms with Crippen LogP contribution < -0.4 is 5.32 Å². The number of hydrogen-bond acceptors (Lipinski definition) is 3. The highest BCUT2D eigenvalue weighted by molar-refractivity contribution is 4.97. The summed E-state index contributed by atoms with van der Waals surface area (Å²) in [6.07, 6.45) is 4.07. The lowest BCUT2D eigenvalue weighted by molar-refractivity contribution is 0.00702. The molecule has 4 unspecified atom stereocenters. The maximum atomic E-state index is 5.82. The highest BCUT2D eigenvalue weighted by Crippen LogP contribution is 2.33. The molecule has 3 nitrogen and oxygen atoms in total. The Kier molecular flexibility index (Phi) is 4.68. The van der Waals surface area contributed by atoms with Gasteiger partial charge >= 0.3 is 0 Å². The molecule has 0 radical (unpaired) electrons. The third kappa shape index (κ3) is 2.89. The molecule has 0 saturated carbocycles. The van der Waals surface area contributed by atoms with E-state index in [4.69, 9.17) is 4.74 Å². The van der Waals surface area contributed by atoms with Gasteiger partial charge in [-0.2, -0.15) is 0 Å². The molecule has 4 atom stereocenters. The summed E-state index contributed by atoms with van der Waals surface area (Å²) in [5.41, 5.74) is 0.254. The molecule has 2 saturated heterocycles. The molecule has 0 aromatic heterocycles. The van der Waals surface area contributed by atoms with Crippen molar-refractivity contribution in [2.24, 2.45) is 5.92 Å². The summed E-state index contributed by atoms with van der Waals surface area (Å²) in [7, 11) is 0. The summed E-state index contributed by atoms with van der Waals surface area (Å²) in [6.45, 7) is 13.8. The molecule has 2 rings (SSSR count). The van der Waals surface area contributed by atoms with Gasteiger partial charge in [0.2, 0.25) is 0 Å². The van der Waals surface area contributed by atoms with Gasteiger partial charge in [0.15, 0.2) is 0 Å². The van der Waals surface area contributed by atoms with E-state index in [9.17, 15) is 0 Å². The second-order valence-corrected chi connectivity index (χ2v) is 6.47. The molecule has 2 aliphatic rings. The van der Waals surface area contributed by atoms with Crippen LogP contribution in [0.4, 0.5) is 0 Å². The first kappa shape index (κ1) is 14.3. The summed E-state index contributed by atoms with van der Waals surface area (Å²) >= 11 is 0. The highest BCUT2D eigenvalue weighted by atomic mass is 16.5. The standard InChI is InChI=1S/C15H30N2O/c1-5-14-6-8-17(11-12(2)10-16-14)15(4)7-9-18-13(15)3/h12-14,16H,5-11H2,1-4H3. The minimum Gasteiger partial charge on any atom is -0.377 e. The van der Waals surface area contributed by atoms with Crippen molar-refractivity contribution in [1.82, 2.24) is 10.2 Å². The molecule has 3 heteroatoms. The Hall–Kier alpha value is -0.120. The van der Waals surface area contributed by atoms with Gasteiger partial charge in [-0.05, 0) is 45.6 Å². The van der Waals surface area contributed by atoms with Crippen molar-refractivity contribution < 1.29 is 4.74 Å². The van der Waals surface area contributed by atoms with E-state index in [0.29, 0.717) is 12.1 Å². The Balaban J connectivity index is 2.05. The third-order valence-electron chi connectivity index (χ3n) is 5.10. The van der Waals surface area contributed by atoms with E-state index >= 15 is 0 Å². The maximum absolute atomic E-state index is 5.82. The van der Waals surface area contributed by atoms with Crippen molar-refractivity contribution in [1.29, 1.82) is 0 Å². The van der Waals surface area contributed by atoms with E-state index in [-0.39, 0.29) is 5.54 Å². The number of rotatable bonds is 2. The zero-order valence-corrected chi connectivity index (χ0v) is 12.5. The van der Waals surface area contributed by atoms with Crippen molar-refractivity contribution in [3.63, 3.8) is 0 Å². The topological polar surface area (TPSA) is 24.5 Å². The van der Waals surface area contributed by atoms with E-state index < -0.39 is 0 Å². The summed E-state index contributed by atoms with van der Waals surface area (Å²) in [6, 6.07) is 0.691. The lowest BCUT2D eigenvalue weighted by Gasteiger charge is -2.44. The molecule has 0 aliphatic carbocycles. The first-order valence-corrected chi connectivity index (χ1v) is 7.66. The zero-order valence-electron chi connectivity index (χ0n) is 12.5. The average molecular weight is 254 g/mol. The van der Waals surface area contributed by atoms with E-state index in [1.165, 1.54) is 32.4 Å². The van der Waals surface area contributed by atoms with Crippen LogP contribution in [0.15, 0.2) is 0 Å². The van der Waals surface area contributed by atoms with Crippen LogP contribution in [0, 0.1) is 5.92 Å². The quantitative estimate of drug-likeness (QED) is 0.818.